The lowest BCUT2D eigenvalue weighted by Gasteiger charge is -2.32. The van der Waals surface area contributed by atoms with E-state index in [1.807, 2.05) is 6.07 Å². The number of hydrogen-bond donors (Lipinski definition) is 2. The molecule has 1 aromatic carbocycles. The quantitative estimate of drug-likeness (QED) is 0.398. The van der Waals surface area contributed by atoms with E-state index >= 15 is 0 Å². The third-order valence-electron chi connectivity index (χ3n) is 4.85. The fourth-order valence-electron chi connectivity index (χ4n) is 3.33. The molecule has 2 heterocycles. The highest BCUT2D eigenvalue weighted by atomic mass is 35.5. The highest BCUT2D eigenvalue weighted by Crippen LogP contribution is 2.29. The molecule has 31 heavy (non-hydrogen) atoms. The molecule has 2 aliphatic rings. The van der Waals surface area contributed by atoms with Gasteiger partial charge in [-0.2, -0.15) is 0 Å². The molecule has 0 unspecified atom stereocenters. The Morgan fingerprint density at radius 3 is 2.48 bits per heavy atom. The normalized spacial score (nSPS) is 18.7. The molecule has 168 valence electrons. The fraction of sp³-hybridized carbons (Fsp3) is 0.476. The standard InChI is InChI=1S/C21H26ClN3O6/c1-4-29-20(28)25-9-7-14(8-10-25)24-16-6-5-13(22)11-17(16)23-12-15-18(26)30-21(2,3)31-19(15)27/h5-6,11-12,14,23-24H,4,7-10H2,1-3H3. The molecule has 0 radical (unpaired) electrons. The minimum Gasteiger partial charge on any atom is -0.450 e. The lowest BCUT2D eigenvalue weighted by Crippen LogP contribution is -2.42. The molecule has 1 amide bonds. The van der Waals surface area contributed by atoms with Gasteiger partial charge < -0.3 is 29.7 Å². The number of benzene rings is 1. The van der Waals surface area contributed by atoms with E-state index in [0.717, 1.165) is 18.5 Å². The van der Waals surface area contributed by atoms with E-state index in [4.69, 9.17) is 25.8 Å². The van der Waals surface area contributed by atoms with Crippen LogP contribution in [0.2, 0.25) is 5.02 Å². The van der Waals surface area contributed by atoms with Crippen LogP contribution in [0.15, 0.2) is 30.0 Å². The summed E-state index contributed by atoms with van der Waals surface area (Å²) in [6.45, 7) is 6.28. The van der Waals surface area contributed by atoms with Crippen LogP contribution in [0.5, 0.6) is 0 Å². The maximum absolute atomic E-state index is 12.1. The maximum Gasteiger partial charge on any atom is 0.409 e. The highest BCUT2D eigenvalue weighted by molar-refractivity contribution is 6.31. The van der Waals surface area contributed by atoms with E-state index < -0.39 is 17.7 Å². The fourth-order valence-corrected chi connectivity index (χ4v) is 3.50. The SMILES string of the molecule is CCOC(=O)N1CCC(Nc2ccc(Cl)cc2NC=C2C(=O)OC(C)(C)OC2=O)CC1. The second-order valence-electron chi connectivity index (χ2n) is 7.68. The first kappa shape index (κ1) is 22.7. The summed E-state index contributed by atoms with van der Waals surface area (Å²) in [7, 11) is 0. The van der Waals surface area contributed by atoms with E-state index in [-0.39, 0.29) is 17.7 Å². The van der Waals surface area contributed by atoms with Crippen molar-refractivity contribution >= 4 is 41.0 Å². The molecule has 0 atom stereocenters. The van der Waals surface area contributed by atoms with Crippen LogP contribution in [0, 0.1) is 0 Å². The summed E-state index contributed by atoms with van der Waals surface area (Å²) in [5.41, 5.74) is 1.08. The largest absolute Gasteiger partial charge is 0.450 e. The number of carbonyl (C=O) groups is 3. The summed E-state index contributed by atoms with van der Waals surface area (Å²) in [4.78, 5) is 37.8. The van der Waals surface area contributed by atoms with Crippen molar-refractivity contribution in [2.45, 2.75) is 45.4 Å². The number of likely N-dealkylation sites (tertiary alicyclic amines) is 1. The number of piperidine rings is 1. The number of hydrogen-bond acceptors (Lipinski definition) is 8. The number of rotatable bonds is 5. The van der Waals surface area contributed by atoms with Crippen LogP contribution in [0.1, 0.15) is 33.6 Å². The van der Waals surface area contributed by atoms with Crippen LogP contribution in [-0.2, 0) is 23.8 Å². The van der Waals surface area contributed by atoms with Gasteiger partial charge in [-0.3, -0.25) is 0 Å². The molecular weight excluding hydrogens is 426 g/mol. The molecule has 0 aliphatic carbocycles. The van der Waals surface area contributed by atoms with Gasteiger partial charge in [-0.1, -0.05) is 11.6 Å². The summed E-state index contributed by atoms with van der Waals surface area (Å²) < 4.78 is 15.2. The number of nitrogens with one attached hydrogen (secondary N) is 2. The Bertz CT molecular complexity index is 871. The number of carbonyl (C=O) groups excluding carboxylic acids is 3. The molecule has 2 fully saturated rings. The summed E-state index contributed by atoms with van der Waals surface area (Å²) in [5, 5.41) is 6.86. The van der Waals surface area contributed by atoms with Gasteiger partial charge in [0.25, 0.3) is 5.79 Å². The number of esters is 2. The number of cyclic esters (lactones) is 2. The Hall–Kier alpha value is -2.94. The van der Waals surface area contributed by atoms with Gasteiger partial charge in [0.15, 0.2) is 5.57 Å². The van der Waals surface area contributed by atoms with Gasteiger partial charge in [0, 0.05) is 44.2 Å². The molecule has 0 spiro atoms. The Labute approximate surface area is 185 Å². The molecule has 0 saturated carbocycles. The molecule has 0 bridgehead atoms. The average Bonchev–Trinajstić information content (AvgIpc) is 2.69. The van der Waals surface area contributed by atoms with Crippen molar-refractivity contribution in [1.29, 1.82) is 0 Å². The zero-order valence-corrected chi connectivity index (χ0v) is 18.5. The Kier molecular flexibility index (Phi) is 6.94. The van der Waals surface area contributed by atoms with Crippen LogP contribution in [0.4, 0.5) is 16.2 Å². The number of ether oxygens (including phenoxy) is 3. The van der Waals surface area contributed by atoms with Gasteiger partial charge >= 0.3 is 18.0 Å². The summed E-state index contributed by atoms with van der Waals surface area (Å²) in [6.07, 6.45) is 2.45. The van der Waals surface area contributed by atoms with E-state index in [9.17, 15) is 14.4 Å². The first-order chi connectivity index (χ1) is 14.7. The second-order valence-corrected chi connectivity index (χ2v) is 8.11. The van der Waals surface area contributed by atoms with Crippen molar-refractivity contribution < 1.29 is 28.6 Å². The van der Waals surface area contributed by atoms with E-state index in [0.29, 0.717) is 30.4 Å². The molecule has 10 heteroatoms. The van der Waals surface area contributed by atoms with Gasteiger partial charge in [0.05, 0.1) is 18.0 Å². The predicted octanol–water partition coefficient (Wildman–Crippen LogP) is 3.50. The lowest BCUT2D eigenvalue weighted by molar-refractivity contribution is -0.222. The van der Waals surface area contributed by atoms with Crippen LogP contribution < -0.4 is 10.6 Å². The van der Waals surface area contributed by atoms with Crippen molar-refractivity contribution in [3.05, 3.63) is 35.0 Å². The molecular formula is C21H26ClN3O6. The van der Waals surface area contributed by atoms with Crippen LogP contribution in [-0.4, -0.2) is 54.5 Å². The third kappa shape index (κ3) is 5.81. The zero-order chi connectivity index (χ0) is 22.6. The van der Waals surface area contributed by atoms with Crippen molar-refractivity contribution in [3.8, 4) is 0 Å². The minimum atomic E-state index is -1.30. The van der Waals surface area contributed by atoms with E-state index in [1.54, 1.807) is 24.0 Å². The summed E-state index contributed by atoms with van der Waals surface area (Å²) in [5.74, 6) is -2.83. The first-order valence-electron chi connectivity index (χ1n) is 10.1. The first-order valence-corrected chi connectivity index (χ1v) is 10.5. The number of anilines is 2. The van der Waals surface area contributed by atoms with Crippen LogP contribution in [0.25, 0.3) is 0 Å². The topological polar surface area (TPSA) is 106 Å². The Morgan fingerprint density at radius 2 is 1.87 bits per heavy atom. The highest BCUT2D eigenvalue weighted by Gasteiger charge is 2.39. The van der Waals surface area contributed by atoms with Gasteiger partial charge in [0.2, 0.25) is 0 Å². The lowest BCUT2D eigenvalue weighted by atomic mass is 10.0. The second kappa shape index (κ2) is 9.47. The van der Waals surface area contributed by atoms with Crippen molar-refractivity contribution in [2.75, 3.05) is 30.3 Å². The van der Waals surface area contributed by atoms with Crippen molar-refractivity contribution in [3.63, 3.8) is 0 Å². The van der Waals surface area contributed by atoms with Gasteiger partial charge in [-0.05, 0) is 38.0 Å². The molecule has 2 N–H and O–H groups in total. The van der Waals surface area contributed by atoms with Gasteiger partial charge in [-0.25, -0.2) is 14.4 Å². The van der Waals surface area contributed by atoms with Crippen LogP contribution >= 0.6 is 11.6 Å². The number of halogens is 1. The predicted molar refractivity (Wildman–Crippen MR) is 115 cm³/mol. The monoisotopic (exact) mass is 451 g/mol. The van der Waals surface area contributed by atoms with Crippen molar-refractivity contribution in [2.24, 2.45) is 0 Å². The van der Waals surface area contributed by atoms with E-state index in [2.05, 4.69) is 10.6 Å². The third-order valence-corrected chi connectivity index (χ3v) is 5.09. The molecule has 9 nitrogen and oxygen atoms in total. The number of amides is 1. The Balaban J connectivity index is 1.67. The number of nitrogens with zero attached hydrogens (tertiary/aromatic N) is 1. The smallest absolute Gasteiger partial charge is 0.409 e. The average molecular weight is 452 g/mol. The van der Waals surface area contributed by atoms with Crippen LogP contribution in [0.3, 0.4) is 0 Å². The molecule has 1 aromatic rings. The molecule has 0 aromatic heterocycles. The molecule has 3 rings (SSSR count). The maximum atomic E-state index is 12.1. The molecule has 2 aliphatic heterocycles. The minimum absolute atomic E-state index is 0.130. The zero-order valence-electron chi connectivity index (χ0n) is 17.7. The summed E-state index contributed by atoms with van der Waals surface area (Å²) in [6, 6.07) is 5.35. The van der Waals surface area contributed by atoms with Gasteiger partial charge in [0.1, 0.15) is 0 Å². The van der Waals surface area contributed by atoms with Gasteiger partial charge in [-0.15, -0.1) is 0 Å². The summed E-state index contributed by atoms with van der Waals surface area (Å²) >= 11 is 6.13. The van der Waals surface area contributed by atoms with E-state index in [1.165, 1.54) is 20.0 Å². The Morgan fingerprint density at radius 1 is 1.23 bits per heavy atom. The van der Waals surface area contributed by atoms with Crippen molar-refractivity contribution in [1.82, 2.24) is 4.90 Å². The molecule has 2 saturated heterocycles.